The van der Waals surface area contributed by atoms with Crippen molar-refractivity contribution in [1.82, 2.24) is 9.13 Å². The highest BCUT2D eigenvalue weighted by Crippen LogP contribution is 2.43. The number of fused-ring (bicyclic) bond motifs is 6. The maximum Gasteiger partial charge on any atom is 0.0541 e. The molecule has 2 heterocycles. The topological polar surface area (TPSA) is 9.86 Å². The third-order valence-electron chi connectivity index (χ3n) is 9.50. The highest BCUT2D eigenvalue weighted by molar-refractivity contribution is 6.10. The van der Waals surface area contributed by atoms with Crippen LogP contribution in [0.3, 0.4) is 0 Å². The first-order valence-electron chi connectivity index (χ1n) is 15.9. The molecule has 0 spiro atoms. The molecule has 6 aromatic carbocycles. The van der Waals surface area contributed by atoms with Crippen LogP contribution in [0.4, 0.5) is 0 Å². The maximum absolute atomic E-state index is 2.52. The Bertz CT molecular complexity index is 2380. The van der Waals surface area contributed by atoms with Gasteiger partial charge in [0.1, 0.15) is 0 Å². The number of hydrogen-bond acceptors (Lipinski definition) is 0. The zero-order valence-electron chi connectivity index (χ0n) is 25.2. The highest BCUT2D eigenvalue weighted by Gasteiger charge is 2.24. The van der Waals surface area contributed by atoms with Crippen molar-refractivity contribution >= 4 is 38.8 Å². The van der Waals surface area contributed by atoms with Gasteiger partial charge in [-0.05, 0) is 53.8 Å². The summed E-state index contributed by atoms with van der Waals surface area (Å²) in [6.07, 6.45) is 5.71. The molecular weight excluding hydrogens is 544 g/mol. The van der Waals surface area contributed by atoms with E-state index in [0.717, 1.165) is 6.42 Å². The maximum atomic E-state index is 2.52. The van der Waals surface area contributed by atoms with Crippen molar-refractivity contribution in [1.29, 1.82) is 0 Å². The van der Waals surface area contributed by atoms with Crippen LogP contribution in [0.5, 0.6) is 0 Å². The molecule has 1 aliphatic rings. The van der Waals surface area contributed by atoms with E-state index < -0.39 is 0 Å². The second-order valence-electron chi connectivity index (χ2n) is 12.2. The van der Waals surface area contributed by atoms with Gasteiger partial charge in [-0.25, -0.2) is 0 Å². The molecule has 0 bridgehead atoms. The lowest BCUT2D eigenvalue weighted by Crippen LogP contribution is -2.09. The molecule has 1 atom stereocenters. The zero-order chi connectivity index (χ0) is 29.9. The van der Waals surface area contributed by atoms with Crippen LogP contribution in [-0.2, 0) is 6.42 Å². The molecule has 0 amide bonds. The zero-order valence-corrected chi connectivity index (χ0v) is 25.2. The largest absolute Gasteiger partial charge is 0.312 e. The first kappa shape index (κ1) is 25.9. The van der Waals surface area contributed by atoms with Gasteiger partial charge in [-0.3, -0.25) is 0 Å². The number of allylic oxidation sites excluding steroid dienone is 1. The Morgan fingerprint density at radius 3 is 1.44 bits per heavy atom. The molecule has 214 valence electrons. The minimum absolute atomic E-state index is 0.498. The van der Waals surface area contributed by atoms with Gasteiger partial charge in [0.05, 0.1) is 27.9 Å². The van der Waals surface area contributed by atoms with Crippen LogP contribution in [0.1, 0.15) is 18.2 Å². The minimum atomic E-state index is 0.498. The van der Waals surface area contributed by atoms with Gasteiger partial charge >= 0.3 is 0 Å². The summed E-state index contributed by atoms with van der Waals surface area (Å²) in [5.74, 6) is 0.498. The van der Waals surface area contributed by atoms with Crippen LogP contribution in [0, 0.1) is 5.92 Å². The van der Waals surface area contributed by atoms with Gasteiger partial charge in [0.15, 0.2) is 0 Å². The van der Waals surface area contributed by atoms with E-state index in [1.807, 2.05) is 0 Å². The van der Waals surface area contributed by atoms with Crippen molar-refractivity contribution in [3.8, 4) is 33.6 Å². The van der Waals surface area contributed by atoms with E-state index >= 15 is 0 Å². The quantitative estimate of drug-likeness (QED) is 0.197. The Hall–Kier alpha value is -5.60. The normalized spacial score (nSPS) is 14.4. The molecule has 1 aliphatic carbocycles. The average Bonchev–Trinajstić information content (AvgIpc) is 3.61. The predicted molar refractivity (Wildman–Crippen MR) is 190 cm³/mol. The number of benzene rings is 6. The van der Waals surface area contributed by atoms with Gasteiger partial charge in [-0.2, -0.15) is 0 Å². The van der Waals surface area contributed by atoms with Gasteiger partial charge in [0.2, 0.25) is 0 Å². The third-order valence-corrected chi connectivity index (χ3v) is 9.50. The van der Waals surface area contributed by atoms with E-state index in [1.54, 1.807) is 0 Å². The van der Waals surface area contributed by atoms with Crippen molar-refractivity contribution in [2.45, 2.75) is 13.3 Å². The molecule has 8 aromatic rings. The van der Waals surface area contributed by atoms with E-state index in [-0.39, 0.29) is 0 Å². The summed E-state index contributed by atoms with van der Waals surface area (Å²) in [5, 5.41) is 3.86. The summed E-state index contributed by atoms with van der Waals surface area (Å²) in [6.45, 7) is 2.31. The molecule has 0 saturated carbocycles. The van der Waals surface area contributed by atoms with Gasteiger partial charge < -0.3 is 9.13 Å². The van der Waals surface area contributed by atoms with Crippen LogP contribution in [0.25, 0.3) is 72.4 Å². The molecule has 0 fully saturated rings. The smallest absolute Gasteiger partial charge is 0.0541 e. The molecule has 9 rings (SSSR count). The fraction of sp³-hybridized carbons (Fsp3) is 0.0698. The van der Waals surface area contributed by atoms with Gasteiger partial charge in [0.25, 0.3) is 0 Å². The van der Waals surface area contributed by atoms with Crippen LogP contribution in [-0.4, -0.2) is 9.13 Å². The molecular formula is C43H32N2. The Labute approximate surface area is 263 Å². The first-order chi connectivity index (χ1) is 22.3. The van der Waals surface area contributed by atoms with Crippen LogP contribution >= 0.6 is 0 Å². The van der Waals surface area contributed by atoms with Crippen molar-refractivity contribution in [2.24, 2.45) is 5.92 Å². The molecule has 0 N–H and O–H groups in total. The Morgan fingerprint density at radius 1 is 0.444 bits per heavy atom. The lowest BCUT2D eigenvalue weighted by Gasteiger charge is -2.21. The summed E-state index contributed by atoms with van der Waals surface area (Å²) in [4.78, 5) is 0. The second-order valence-corrected chi connectivity index (χ2v) is 12.2. The molecule has 2 heteroatoms. The summed E-state index contributed by atoms with van der Waals surface area (Å²) in [6, 6.07) is 53.1. The third kappa shape index (κ3) is 3.96. The minimum Gasteiger partial charge on any atom is -0.312 e. The number of aromatic nitrogens is 2. The number of rotatable bonds is 4. The SMILES string of the molecule is CC1C=Cc2c(n(-c3ccccc3-c3ccccc3-c3ccccc3-n3c4ccccc4c4ccccc43)c3ccccc23)C1. The van der Waals surface area contributed by atoms with E-state index in [1.165, 1.54) is 77.6 Å². The second kappa shape index (κ2) is 10.2. The molecule has 0 aliphatic heterocycles. The first-order valence-corrected chi connectivity index (χ1v) is 15.9. The molecule has 1 unspecified atom stereocenters. The summed E-state index contributed by atoms with van der Waals surface area (Å²) < 4.78 is 4.96. The molecule has 45 heavy (non-hydrogen) atoms. The van der Waals surface area contributed by atoms with Crippen LogP contribution in [0.15, 0.2) is 152 Å². The fourth-order valence-electron chi connectivity index (χ4n) is 7.54. The molecule has 2 nitrogen and oxygen atoms in total. The molecule has 2 aromatic heterocycles. The van der Waals surface area contributed by atoms with Gasteiger partial charge in [-0.1, -0.05) is 134 Å². The van der Waals surface area contributed by atoms with E-state index in [4.69, 9.17) is 0 Å². The van der Waals surface area contributed by atoms with Gasteiger partial charge in [0, 0.05) is 38.5 Å². The van der Waals surface area contributed by atoms with E-state index in [0.29, 0.717) is 5.92 Å². The lowest BCUT2D eigenvalue weighted by molar-refractivity contribution is 0.691. The average molecular weight is 577 g/mol. The van der Waals surface area contributed by atoms with Crippen molar-refractivity contribution in [3.05, 3.63) is 163 Å². The monoisotopic (exact) mass is 576 g/mol. The fourth-order valence-corrected chi connectivity index (χ4v) is 7.54. The molecule has 0 radical (unpaired) electrons. The van der Waals surface area contributed by atoms with Crippen molar-refractivity contribution in [3.63, 3.8) is 0 Å². The predicted octanol–water partition coefficient (Wildman–Crippen LogP) is 11.3. The summed E-state index contributed by atoms with van der Waals surface area (Å²) in [5.41, 5.74) is 13.7. The lowest BCUT2D eigenvalue weighted by atomic mass is 9.92. The van der Waals surface area contributed by atoms with Crippen molar-refractivity contribution in [2.75, 3.05) is 0 Å². The highest BCUT2D eigenvalue weighted by atomic mass is 15.0. The van der Waals surface area contributed by atoms with Crippen LogP contribution in [0.2, 0.25) is 0 Å². The van der Waals surface area contributed by atoms with Crippen molar-refractivity contribution < 1.29 is 0 Å². The number of hydrogen-bond donors (Lipinski definition) is 0. The van der Waals surface area contributed by atoms with Crippen LogP contribution < -0.4 is 0 Å². The van der Waals surface area contributed by atoms with E-state index in [2.05, 4.69) is 174 Å². The molecule has 0 saturated heterocycles. The standard InChI is InChI=1S/C43H32N2/c1-29-26-27-37-36-20-8-13-25-42(36)45(43(37)28-29)39-22-10-5-17-33(39)31-15-3-2-14-30(31)32-16-4-9-21-38(32)44-40-23-11-6-18-34(40)35-19-7-12-24-41(35)44/h2-27,29H,28H2,1H3. The number of para-hydroxylation sites is 5. The van der Waals surface area contributed by atoms with E-state index in [9.17, 15) is 0 Å². The number of nitrogens with zero attached hydrogens (tertiary/aromatic N) is 2. The summed E-state index contributed by atoms with van der Waals surface area (Å²) >= 11 is 0. The Morgan fingerprint density at radius 2 is 0.867 bits per heavy atom. The summed E-state index contributed by atoms with van der Waals surface area (Å²) in [7, 11) is 0. The van der Waals surface area contributed by atoms with Gasteiger partial charge in [-0.15, -0.1) is 0 Å². The Balaban J connectivity index is 1.31. The Kier molecular flexibility index (Phi) is 5.89.